The van der Waals surface area contributed by atoms with Crippen molar-refractivity contribution in [2.75, 3.05) is 41.7 Å². The second kappa shape index (κ2) is 27.1. The molecule has 10 rings (SSSR count). The highest BCUT2D eigenvalue weighted by molar-refractivity contribution is 7.44. The van der Waals surface area contributed by atoms with E-state index in [4.69, 9.17) is 57.2 Å². The van der Waals surface area contributed by atoms with Crippen LogP contribution in [0, 0.1) is 11.3 Å². The number of methoxy groups -OCH3 is 4. The summed E-state index contributed by atoms with van der Waals surface area (Å²) in [5, 5.41) is 9.62. The average molecular weight is 1150 g/mol. The van der Waals surface area contributed by atoms with E-state index in [-0.39, 0.29) is 38.3 Å². The first-order chi connectivity index (χ1) is 41.0. The van der Waals surface area contributed by atoms with E-state index in [1.54, 1.807) is 41.1 Å². The summed E-state index contributed by atoms with van der Waals surface area (Å²) >= 11 is 0. The standard InChI is InChI=1S/C68H71N6O9P/c1-47(2)74(48(3)4)84(81-40-16-39-69)83-61-42-63(82-62(61)44-80-68(52-21-13-10-14-22-52,55-27-35-59(77-7)36-28-55)56-29-37-60(78-8)38-30-56)73-46-72-65-64(70-45-71-66(65)73)50-18-15-17-49(41-50)43-79-67(51-19-11-9-12-20-51,53-23-31-57(75-5)32-24-53)54-25-33-58(76-6)34-26-54/h9-15,17-38,41,45-48,61-63H,16,40,42-44H2,1-8H3/t61-,62+,63+,84?/m0/s1. The Morgan fingerprint density at radius 3 is 1.57 bits per heavy atom. The van der Waals surface area contributed by atoms with Crippen LogP contribution in [0.4, 0.5) is 0 Å². The summed E-state index contributed by atoms with van der Waals surface area (Å²) in [7, 11) is 4.95. The van der Waals surface area contributed by atoms with Crippen molar-refractivity contribution >= 4 is 19.7 Å². The van der Waals surface area contributed by atoms with Crippen LogP contribution in [0.3, 0.4) is 0 Å². The highest BCUT2D eigenvalue weighted by Gasteiger charge is 2.46. The number of aromatic nitrogens is 4. The van der Waals surface area contributed by atoms with Crippen LogP contribution < -0.4 is 18.9 Å². The number of ether oxygens (including phenoxy) is 7. The lowest BCUT2D eigenvalue weighted by Crippen LogP contribution is -2.39. The highest BCUT2D eigenvalue weighted by atomic mass is 31.2. The van der Waals surface area contributed by atoms with Gasteiger partial charge in [0.1, 0.15) is 64.1 Å². The van der Waals surface area contributed by atoms with E-state index in [1.165, 1.54) is 0 Å². The van der Waals surface area contributed by atoms with Gasteiger partial charge < -0.3 is 42.2 Å². The molecule has 0 N–H and O–H groups in total. The number of benzene rings is 7. The van der Waals surface area contributed by atoms with E-state index in [9.17, 15) is 5.26 Å². The number of hydrogen-bond donors (Lipinski definition) is 0. The Morgan fingerprint density at radius 1 is 0.607 bits per heavy atom. The molecule has 9 aromatic rings. The molecule has 4 atom stereocenters. The van der Waals surface area contributed by atoms with Gasteiger partial charge in [0, 0.05) is 24.1 Å². The molecule has 1 unspecified atom stereocenters. The smallest absolute Gasteiger partial charge is 0.259 e. The number of nitriles is 1. The minimum absolute atomic E-state index is 0.0630. The summed E-state index contributed by atoms with van der Waals surface area (Å²) in [6.45, 7) is 9.03. The van der Waals surface area contributed by atoms with Crippen LogP contribution in [0.5, 0.6) is 23.0 Å². The summed E-state index contributed by atoms with van der Waals surface area (Å²) < 4.78 is 62.5. The molecule has 1 saturated heterocycles. The molecule has 16 heteroatoms. The molecular formula is C68H71N6O9P. The molecular weight excluding hydrogens is 1080 g/mol. The predicted molar refractivity (Wildman–Crippen MR) is 325 cm³/mol. The fourth-order valence-corrected chi connectivity index (χ4v) is 12.9. The van der Waals surface area contributed by atoms with Crippen molar-refractivity contribution in [1.29, 1.82) is 5.26 Å². The van der Waals surface area contributed by atoms with Gasteiger partial charge in [-0.1, -0.05) is 127 Å². The number of imidazole rings is 1. The average Bonchev–Trinajstić information content (AvgIpc) is 3.61. The van der Waals surface area contributed by atoms with Crippen LogP contribution in [0.25, 0.3) is 22.4 Å². The lowest BCUT2D eigenvalue weighted by atomic mass is 9.80. The zero-order valence-corrected chi connectivity index (χ0v) is 49.6. The zero-order chi connectivity index (χ0) is 58.6. The first kappa shape index (κ1) is 59.1. The van der Waals surface area contributed by atoms with Gasteiger partial charge in [0.15, 0.2) is 5.65 Å². The van der Waals surface area contributed by atoms with E-state index < -0.39 is 38.2 Å². The van der Waals surface area contributed by atoms with Crippen molar-refractivity contribution in [3.05, 3.63) is 234 Å². The van der Waals surface area contributed by atoms with Gasteiger partial charge >= 0.3 is 0 Å². The van der Waals surface area contributed by atoms with Gasteiger partial charge in [-0.2, -0.15) is 5.26 Å². The van der Waals surface area contributed by atoms with Crippen LogP contribution in [0.15, 0.2) is 195 Å². The summed E-state index contributed by atoms with van der Waals surface area (Å²) in [5.74, 6) is 2.92. The molecule has 0 saturated carbocycles. The monoisotopic (exact) mass is 1150 g/mol. The molecule has 3 heterocycles. The molecule has 1 aliphatic heterocycles. The largest absolute Gasteiger partial charge is 0.497 e. The van der Waals surface area contributed by atoms with E-state index in [2.05, 4.69) is 99.1 Å². The Bertz CT molecular complexity index is 3480. The van der Waals surface area contributed by atoms with Crippen molar-refractivity contribution in [2.24, 2.45) is 0 Å². The van der Waals surface area contributed by atoms with Crippen molar-refractivity contribution in [2.45, 2.75) is 88.9 Å². The minimum atomic E-state index is -1.69. The minimum Gasteiger partial charge on any atom is -0.497 e. The molecule has 432 valence electrons. The molecule has 0 radical (unpaired) electrons. The van der Waals surface area contributed by atoms with Gasteiger partial charge in [0.2, 0.25) is 0 Å². The Labute approximate surface area is 493 Å². The van der Waals surface area contributed by atoms with Gasteiger partial charge in [0.05, 0.1) is 73.2 Å². The molecule has 84 heavy (non-hydrogen) atoms. The summed E-state index contributed by atoms with van der Waals surface area (Å²) in [6, 6.07) is 63.0. The van der Waals surface area contributed by atoms with Crippen LogP contribution in [-0.2, 0) is 41.1 Å². The molecule has 1 fully saturated rings. The highest BCUT2D eigenvalue weighted by Crippen LogP contribution is 2.51. The second-order valence-corrected chi connectivity index (χ2v) is 22.3. The van der Waals surface area contributed by atoms with E-state index in [0.29, 0.717) is 34.8 Å². The molecule has 7 aromatic carbocycles. The second-order valence-electron chi connectivity index (χ2n) is 20.9. The lowest BCUT2D eigenvalue weighted by molar-refractivity contribution is -0.0912. The van der Waals surface area contributed by atoms with Gasteiger partial charge in [0.25, 0.3) is 8.53 Å². The molecule has 0 amide bonds. The Morgan fingerprint density at radius 2 is 1.10 bits per heavy atom. The zero-order valence-electron chi connectivity index (χ0n) is 48.7. The molecule has 15 nitrogen and oxygen atoms in total. The fourth-order valence-electron chi connectivity index (χ4n) is 11.2. The Balaban J connectivity index is 1.01. The van der Waals surface area contributed by atoms with Gasteiger partial charge in [-0.3, -0.25) is 4.57 Å². The lowest BCUT2D eigenvalue weighted by Gasteiger charge is -2.39. The van der Waals surface area contributed by atoms with E-state index in [1.807, 2.05) is 126 Å². The number of rotatable bonds is 26. The predicted octanol–water partition coefficient (Wildman–Crippen LogP) is 14.0. The molecule has 2 aromatic heterocycles. The number of nitrogens with zero attached hydrogens (tertiary/aromatic N) is 6. The van der Waals surface area contributed by atoms with Crippen molar-refractivity contribution in [1.82, 2.24) is 24.2 Å². The Kier molecular flexibility index (Phi) is 19.1. The van der Waals surface area contributed by atoms with Crippen LogP contribution in [0.1, 0.15) is 85.7 Å². The van der Waals surface area contributed by atoms with Crippen molar-refractivity contribution < 1.29 is 42.2 Å². The first-order valence-corrected chi connectivity index (χ1v) is 29.3. The third-order valence-corrected chi connectivity index (χ3v) is 17.4. The SMILES string of the molecule is COc1ccc(C(OCc2cccc(-c3ncnc4c3ncn4[C@H]3C[C@H](OP(OCCC#N)N(C(C)C)C(C)C)[C@@H](COC(c4ccccc4)(c4ccc(OC)cc4)c4ccc(OC)cc4)O3)c2)(c2ccccc2)c2ccc(OC)cc2)cc1. The maximum Gasteiger partial charge on any atom is 0.259 e. The molecule has 0 spiro atoms. The molecule has 0 aliphatic carbocycles. The normalized spacial score (nSPS) is 15.8. The number of hydrogen-bond acceptors (Lipinski definition) is 14. The maximum atomic E-state index is 9.62. The third-order valence-electron chi connectivity index (χ3n) is 15.2. The van der Waals surface area contributed by atoms with Crippen molar-refractivity contribution in [3.63, 3.8) is 0 Å². The summed E-state index contributed by atoms with van der Waals surface area (Å²) in [5.41, 5.74) is 6.91. The van der Waals surface area contributed by atoms with E-state index in [0.717, 1.165) is 56.0 Å². The summed E-state index contributed by atoms with van der Waals surface area (Å²) in [4.78, 5) is 14.8. The van der Waals surface area contributed by atoms with Gasteiger partial charge in [-0.25, -0.2) is 19.6 Å². The third kappa shape index (κ3) is 12.4. The van der Waals surface area contributed by atoms with Gasteiger partial charge in [-0.05, 0) is 121 Å². The Hall–Kier alpha value is -8.03. The number of fused-ring (bicyclic) bond motifs is 1. The van der Waals surface area contributed by atoms with Crippen LogP contribution in [0.2, 0.25) is 0 Å². The first-order valence-electron chi connectivity index (χ1n) is 28.2. The fraction of sp³-hybridized carbons (Fsp3) is 0.294. The quantitative estimate of drug-likeness (QED) is 0.0287. The summed E-state index contributed by atoms with van der Waals surface area (Å²) in [6.07, 6.45) is 2.14. The molecule has 1 aliphatic rings. The maximum absolute atomic E-state index is 9.62. The topological polar surface area (TPSA) is 154 Å². The molecule has 0 bridgehead atoms. The van der Waals surface area contributed by atoms with Crippen LogP contribution >= 0.6 is 8.53 Å². The van der Waals surface area contributed by atoms with Crippen LogP contribution in [-0.4, -0.2) is 90.1 Å². The van der Waals surface area contributed by atoms with E-state index >= 15 is 0 Å². The van der Waals surface area contributed by atoms with Gasteiger partial charge in [-0.15, -0.1) is 0 Å². The van der Waals surface area contributed by atoms with Crippen molar-refractivity contribution in [3.8, 4) is 40.3 Å².